The number of hydrogen-bond acceptors (Lipinski definition) is 27. The maximum atomic E-state index is 12.3. The standard InChI is InChI=1S/C25H31N3O9.C24H31ClN2O5.C17H16N2O5.C16H18ClNO4.C14H15ClN2O3/c29-16-20-3-1-19(15-21(20)17-30)2-4-22(31)27-8-10-35-11-12-36-13-14-37-18-23(32)26-7-9-28-24(33)5-6-25(28)34;25-13-22(30)2-1-11-26-24(32)19-7-4-18(5-8-19)14-27-23(31)10-6-17-3-9-20(15-28)21(12-17)16-29;20-10-13-3-1-12(9-14(13)11-21)2-4-15(22)18-7-8-19-16(23)5-6-17(19)24;17-9-15(21)2-1-7-18-16(22)6-4-12-3-5-13(10-19)14(8-12)11-20;15-8-14(20)17-5-3-16(4-6-17)13-2-1-11(9-18)12(7-13)10-19/h1,3,5-6,15-17H,2,4,7-14,18H2,(H,26,32)(H,27,31);3,9,12,15-16,18-19H,1-2,4-8,10-11,13-14H2,(H,26,32)(H,27,31);1,3,5-6,9-11H,2,4,7-8H2,(H,18,22);3,5,8,10-11H,1-2,4,6-7,9H2,(H,18,22);1-2,7,9-10H,3-6,8H2. The number of carbonyl (C=O) groups is 23. The molecule has 3 heterocycles. The number of halogens is 3. The van der Waals surface area contributed by atoms with Crippen LogP contribution in [-0.4, -0.2) is 290 Å². The van der Waals surface area contributed by atoms with Crippen molar-refractivity contribution >= 4 is 180 Å². The highest BCUT2D eigenvalue weighted by Crippen LogP contribution is 2.29. The first-order chi connectivity index (χ1) is 65.2. The Bertz CT molecular complexity index is 4990. The molecule has 2 fully saturated rings. The summed E-state index contributed by atoms with van der Waals surface area (Å²) in [6, 6.07) is 24.8. The van der Waals surface area contributed by atoms with Crippen molar-refractivity contribution < 1.29 is 124 Å². The first kappa shape index (κ1) is 112. The number of nitrogens with zero attached hydrogens (tertiary/aromatic N) is 4. The molecule has 0 spiro atoms. The number of benzene rings is 5. The molecule has 36 nitrogen and oxygen atoms in total. The molecule has 9 rings (SSSR count). The summed E-state index contributed by atoms with van der Waals surface area (Å²) in [6.45, 7) is 6.29. The van der Waals surface area contributed by atoms with E-state index in [9.17, 15) is 110 Å². The van der Waals surface area contributed by atoms with Crippen molar-refractivity contribution in [1.82, 2.24) is 46.6 Å². The molecular weight excluding hydrogens is 1820 g/mol. The number of Topliss-reactive ketones (excluding diaryl/α,β-unsaturated/α-hetero) is 2. The van der Waals surface area contributed by atoms with Gasteiger partial charge in [-0.15, -0.1) is 34.8 Å². The summed E-state index contributed by atoms with van der Waals surface area (Å²) >= 11 is 16.4. The lowest BCUT2D eigenvalue weighted by Gasteiger charge is -2.36. The van der Waals surface area contributed by atoms with E-state index in [4.69, 9.17) is 49.0 Å². The summed E-state index contributed by atoms with van der Waals surface area (Å²) in [6.07, 6.45) is 19.3. The lowest BCUT2D eigenvalue weighted by atomic mass is 9.81. The van der Waals surface area contributed by atoms with Gasteiger partial charge in [-0.25, -0.2) is 0 Å². The largest absolute Gasteiger partial charge is 0.377 e. The van der Waals surface area contributed by atoms with E-state index < -0.39 is 11.8 Å². The van der Waals surface area contributed by atoms with Crippen molar-refractivity contribution in [2.75, 3.05) is 141 Å². The summed E-state index contributed by atoms with van der Waals surface area (Å²) in [5.74, 6) is -2.15. The molecule has 0 aromatic heterocycles. The van der Waals surface area contributed by atoms with Crippen LogP contribution in [0.3, 0.4) is 0 Å². The summed E-state index contributed by atoms with van der Waals surface area (Å²) in [7, 11) is 0. The third kappa shape index (κ3) is 42.2. The van der Waals surface area contributed by atoms with E-state index >= 15 is 0 Å². The van der Waals surface area contributed by atoms with E-state index in [1.807, 2.05) is 6.07 Å². The van der Waals surface area contributed by atoms with Gasteiger partial charge in [0.1, 0.15) is 24.1 Å². The van der Waals surface area contributed by atoms with E-state index in [-0.39, 0.29) is 154 Å². The Balaban J connectivity index is 0.000000304. The van der Waals surface area contributed by atoms with Gasteiger partial charge in [-0.1, -0.05) is 48.5 Å². The number of amides is 11. The molecular formula is C96H111Cl3N10O26. The SMILES string of the molecule is O=Cc1ccc(CCC(=O)NCC2CCC(C(=O)NCCCC(=O)CCl)CC2)cc1C=O.O=Cc1ccc(CCC(=O)NCCCC(=O)CCl)cc1C=O.O=Cc1ccc(CCC(=O)NCCN2C(=O)C=CC2=O)cc1C=O.O=Cc1ccc(CCC(=O)NCCOCCOCCOCC(=O)NCCN2C(=O)C=CC2=O)cc1C=O.O=Cc1ccc(N2CCN(C(=O)CCl)CC2)cc1C=O. The lowest BCUT2D eigenvalue weighted by molar-refractivity contribution is -0.138. The molecule has 11 amide bonds. The number of ether oxygens (including phenoxy) is 3. The van der Waals surface area contributed by atoms with E-state index in [0.29, 0.717) is 254 Å². The van der Waals surface area contributed by atoms with Crippen molar-refractivity contribution in [1.29, 1.82) is 0 Å². The van der Waals surface area contributed by atoms with Crippen molar-refractivity contribution in [3.8, 4) is 0 Å². The highest BCUT2D eigenvalue weighted by Gasteiger charge is 2.29. The van der Waals surface area contributed by atoms with Gasteiger partial charge in [0.2, 0.25) is 41.4 Å². The molecule has 39 heteroatoms. The van der Waals surface area contributed by atoms with Crippen LogP contribution in [0.1, 0.15) is 203 Å². The highest BCUT2D eigenvalue weighted by atomic mass is 35.5. The summed E-state index contributed by atoms with van der Waals surface area (Å²) in [5.41, 5.74) is 7.47. The molecule has 3 aliphatic heterocycles. The molecule has 0 bridgehead atoms. The van der Waals surface area contributed by atoms with Gasteiger partial charge in [0.15, 0.2) is 62.9 Å². The second kappa shape index (κ2) is 64.6. The third-order valence-electron chi connectivity index (χ3n) is 21.3. The molecule has 5 aromatic rings. The number of piperazine rings is 1. The molecule has 6 N–H and O–H groups in total. The molecule has 0 radical (unpaired) electrons. The number of aldehydes is 10. The predicted molar refractivity (Wildman–Crippen MR) is 496 cm³/mol. The maximum Gasteiger partial charge on any atom is 0.253 e. The van der Waals surface area contributed by atoms with Gasteiger partial charge in [0.05, 0.1) is 44.8 Å². The van der Waals surface area contributed by atoms with Gasteiger partial charge >= 0.3 is 0 Å². The van der Waals surface area contributed by atoms with Crippen LogP contribution in [0.2, 0.25) is 0 Å². The lowest BCUT2D eigenvalue weighted by Crippen LogP contribution is -2.49. The topological polar surface area (TPSA) is 505 Å². The van der Waals surface area contributed by atoms with Crippen LogP contribution in [0.15, 0.2) is 115 Å². The van der Waals surface area contributed by atoms with Gasteiger partial charge < -0.3 is 55.9 Å². The zero-order chi connectivity index (χ0) is 98.7. The number of rotatable bonds is 54. The Kier molecular flexibility index (Phi) is 53.7. The maximum absolute atomic E-state index is 12.3. The quantitative estimate of drug-likeness (QED) is 0.0117. The number of hydrogen-bond donors (Lipinski definition) is 6. The smallest absolute Gasteiger partial charge is 0.253 e. The number of nitrogens with one attached hydrogen (secondary N) is 6. The molecule has 135 heavy (non-hydrogen) atoms. The summed E-state index contributed by atoms with van der Waals surface area (Å²) in [4.78, 5) is 265. The fraction of sp³-hybridized carbons (Fsp3) is 0.406. The number of carbonyl (C=O) groups excluding carboxylic acids is 23. The van der Waals surface area contributed by atoms with Crippen molar-refractivity contribution in [3.63, 3.8) is 0 Å². The van der Waals surface area contributed by atoms with Gasteiger partial charge in [-0.05, 0) is 135 Å². The minimum atomic E-state index is -0.396. The normalized spacial score (nSPS) is 13.9. The van der Waals surface area contributed by atoms with Crippen LogP contribution >= 0.6 is 34.8 Å². The number of anilines is 1. The van der Waals surface area contributed by atoms with Crippen LogP contribution in [-0.2, 0) is 102 Å². The molecule has 1 saturated heterocycles. The van der Waals surface area contributed by atoms with Crippen molar-refractivity contribution in [3.05, 3.63) is 193 Å². The van der Waals surface area contributed by atoms with Gasteiger partial charge in [0, 0.05) is 209 Å². The van der Waals surface area contributed by atoms with E-state index in [1.165, 1.54) is 24.3 Å². The molecule has 5 aromatic carbocycles. The minimum Gasteiger partial charge on any atom is -0.377 e. The predicted octanol–water partition coefficient (Wildman–Crippen LogP) is 5.76. The molecule has 722 valence electrons. The molecule has 1 saturated carbocycles. The second-order valence-corrected chi connectivity index (χ2v) is 31.5. The van der Waals surface area contributed by atoms with Crippen LogP contribution in [0, 0.1) is 11.8 Å². The fourth-order valence-electron chi connectivity index (χ4n) is 13.6. The highest BCUT2D eigenvalue weighted by molar-refractivity contribution is 6.28. The fourth-order valence-corrected chi connectivity index (χ4v) is 14.1. The Morgan fingerprint density at radius 1 is 0.341 bits per heavy atom. The zero-order valence-corrected chi connectivity index (χ0v) is 76.9. The number of alkyl halides is 3. The average Bonchev–Trinajstić information content (AvgIpc) is 1.41. The third-order valence-corrected chi connectivity index (χ3v) is 22.1. The Morgan fingerprint density at radius 3 is 1.05 bits per heavy atom. The Hall–Kier alpha value is -13.3. The summed E-state index contributed by atoms with van der Waals surface area (Å²) < 4.78 is 15.9. The summed E-state index contributed by atoms with van der Waals surface area (Å²) in [5, 5.41) is 16.5. The minimum absolute atomic E-state index is 0.00330. The molecule has 1 aliphatic carbocycles. The molecule has 0 unspecified atom stereocenters. The molecule has 0 atom stereocenters. The van der Waals surface area contributed by atoms with Crippen molar-refractivity contribution in [2.24, 2.45) is 11.8 Å². The first-order valence-corrected chi connectivity index (χ1v) is 45.2. The monoisotopic (exact) mass is 1920 g/mol. The van der Waals surface area contributed by atoms with Crippen LogP contribution in [0.25, 0.3) is 0 Å². The average molecular weight is 1930 g/mol. The van der Waals surface area contributed by atoms with Crippen molar-refractivity contribution in [2.45, 2.75) is 103 Å². The number of aryl methyl sites for hydroxylation is 4. The first-order valence-electron chi connectivity index (χ1n) is 43.6. The molecule has 4 aliphatic rings. The van der Waals surface area contributed by atoms with Crippen LogP contribution < -0.4 is 36.8 Å². The van der Waals surface area contributed by atoms with Crippen LogP contribution in [0.5, 0.6) is 0 Å². The van der Waals surface area contributed by atoms with Gasteiger partial charge in [-0.3, -0.25) is 120 Å². The second-order valence-electron chi connectivity index (χ2n) is 30.7. The van der Waals surface area contributed by atoms with E-state index in [2.05, 4.69) is 36.8 Å². The van der Waals surface area contributed by atoms with E-state index in [0.717, 1.165) is 63.4 Å². The van der Waals surface area contributed by atoms with Crippen LogP contribution in [0.4, 0.5) is 5.69 Å². The van der Waals surface area contributed by atoms with E-state index in [1.54, 1.807) is 89.8 Å². The van der Waals surface area contributed by atoms with Gasteiger partial charge in [0.25, 0.3) is 23.6 Å². The number of imide groups is 2. The Labute approximate surface area is 795 Å². The Morgan fingerprint density at radius 2 is 0.674 bits per heavy atom. The number of ketones is 2. The van der Waals surface area contributed by atoms with Gasteiger partial charge in [-0.2, -0.15) is 0 Å². The zero-order valence-electron chi connectivity index (χ0n) is 74.6.